The Hall–Kier alpha value is -0.820. The second-order valence-electron chi connectivity index (χ2n) is 2.79. The average molecular weight is 215 g/mol. The lowest BCUT2D eigenvalue weighted by molar-refractivity contribution is -0.215. The van der Waals surface area contributed by atoms with E-state index in [1.54, 1.807) is 0 Å². The van der Waals surface area contributed by atoms with Crippen LogP contribution >= 0.6 is 0 Å². The number of halogens is 3. The lowest BCUT2D eigenvalue weighted by atomic mass is 10.1. The molecule has 0 aliphatic carbocycles. The monoisotopic (exact) mass is 215 g/mol. The molecule has 0 aliphatic heterocycles. The molecule has 2 atom stereocenters. The molecule has 3 N–H and O–H groups in total. The zero-order valence-corrected chi connectivity index (χ0v) is 7.54. The van der Waals surface area contributed by atoms with E-state index in [9.17, 15) is 18.0 Å². The molecule has 2 unspecified atom stereocenters. The molecule has 0 amide bonds. The fourth-order valence-electron chi connectivity index (χ4n) is 0.870. The maximum absolute atomic E-state index is 12.1. The average Bonchev–Trinajstić information content (AvgIpc) is 2.02. The van der Waals surface area contributed by atoms with Gasteiger partial charge in [-0.1, -0.05) is 0 Å². The summed E-state index contributed by atoms with van der Waals surface area (Å²) in [6.45, 7) is 0. The highest BCUT2D eigenvalue weighted by Crippen LogP contribution is 2.25. The van der Waals surface area contributed by atoms with E-state index in [-0.39, 0.29) is 6.42 Å². The standard InChI is InChI=1S/C7H12F3NO3/c1-14-5(7(8,9)10)3-2-4(11)6(12)13/h4-5H,2-3,11H2,1H3,(H,12,13). The number of carboxylic acid groups (broad SMARTS) is 1. The van der Waals surface area contributed by atoms with Gasteiger partial charge in [-0.25, -0.2) is 0 Å². The Balaban J connectivity index is 4.03. The van der Waals surface area contributed by atoms with Gasteiger partial charge in [-0.05, 0) is 12.8 Å². The highest BCUT2D eigenvalue weighted by atomic mass is 19.4. The van der Waals surface area contributed by atoms with Gasteiger partial charge in [0.25, 0.3) is 0 Å². The number of hydrogen-bond acceptors (Lipinski definition) is 3. The molecule has 0 rings (SSSR count). The molecule has 0 radical (unpaired) electrons. The molecule has 0 spiro atoms. The number of rotatable bonds is 5. The van der Waals surface area contributed by atoms with Crippen molar-refractivity contribution in [3.63, 3.8) is 0 Å². The number of ether oxygens (including phenoxy) is 1. The molecule has 0 fully saturated rings. The molecule has 7 heteroatoms. The maximum atomic E-state index is 12.1. The van der Waals surface area contributed by atoms with Gasteiger partial charge >= 0.3 is 12.1 Å². The third kappa shape index (κ3) is 4.43. The predicted octanol–water partition coefficient (Wildman–Crippen LogP) is 0.756. The summed E-state index contributed by atoms with van der Waals surface area (Å²) >= 11 is 0. The first kappa shape index (κ1) is 13.2. The summed E-state index contributed by atoms with van der Waals surface area (Å²) in [7, 11) is 0.921. The van der Waals surface area contributed by atoms with E-state index in [1.165, 1.54) is 0 Å². The third-order valence-corrected chi connectivity index (χ3v) is 1.71. The lowest BCUT2D eigenvalue weighted by Crippen LogP contribution is -2.35. The van der Waals surface area contributed by atoms with Gasteiger partial charge in [-0.15, -0.1) is 0 Å². The van der Waals surface area contributed by atoms with E-state index < -0.39 is 30.7 Å². The number of carboxylic acids is 1. The van der Waals surface area contributed by atoms with Crippen molar-refractivity contribution in [3.05, 3.63) is 0 Å². The van der Waals surface area contributed by atoms with Crippen LogP contribution < -0.4 is 5.73 Å². The molecule has 14 heavy (non-hydrogen) atoms. The summed E-state index contributed by atoms with van der Waals surface area (Å²) in [6, 6.07) is -1.28. The van der Waals surface area contributed by atoms with Crippen molar-refractivity contribution in [3.8, 4) is 0 Å². The van der Waals surface area contributed by atoms with Gasteiger partial charge < -0.3 is 15.6 Å². The van der Waals surface area contributed by atoms with E-state index in [0.717, 1.165) is 7.11 Å². The zero-order valence-electron chi connectivity index (χ0n) is 7.54. The quantitative estimate of drug-likeness (QED) is 0.710. The molecule has 0 aliphatic rings. The molecule has 0 aromatic carbocycles. The number of carbonyl (C=O) groups is 1. The van der Waals surface area contributed by atoms with E-state index in [2.05, 4.69) is 4.74 Å². The van der Waals surface area contributed by atoms with Crippen molar-refractivity contribution in [1.82, 2.24) is 0 Å². The van der Waals surface area contributed by atoms with Crippen molar-refractivity contribution >= 4 is 5.97 Å². The van der Waals surface area contributed by atoms with Gasteiger partial charge in [0.1, 0.15) is 6.04 Å². The van der Waals surface area contributed by atoms with Crippen LogP contribution in [-0.2, 0) is 9.53 Å². The van der Waals surface area contributed by atoms with Crippen LogP contribution in [0.2, 0.25) is 0 Å². The van der Waals surface area contributed by atoms with Gasteiger partial charge in [-0.2, -0.15) is 13.2 Å². The smallest absolute Gasteiger partial charge is 0.414 e. The Morgan fingerprint density at radius 2 is 2.00 bits per heavy atom. The molecule has 0 saturated carbocycles. The van der Waals surface area contributed by atoms with Crippen LogP contribution in [0.15, 0.2) is 0 Å². The predicted molar refractivity (Wildman–Crippen MR) is 41.7 cm³/mol. The SMILES string of the molecule is COC(CCC(N)C(=O)O)C(F)(F)F. The number of nitrogens with two attached hydrogens (primary N) is 1. The van der Waals surface area contributed by atoms with E-state index in [0.29, 0.717) is 0 Å². The van der Waals surface area contributed by atoms with E-state index in [1.807, 2.05) is 0 Å². The molecular weight excluding hydrogens is 203 g/mol. The summed E-state index contributed by atoms with van der Waals surface area (Å²) < 4.78 is 40.3. The van der Waals surface area contributed by atoms with Gasteiger partial charge in [0.15, 0.2) is 6.10 Å². The third-order valence-electron chi connectivity index (χ3n) is 1.71. The minimum absolute atomic E-state index is 0.270. The Morgan fingerprint density at radius 1 is 1.50 bits per heavy atom. The zero-order chi connectivity index (χ0) is 11.4. The second kappa shape index (κ2) is 5.16. The highest BCUT2D eigenvalue weighted by Gasteiger charge is 2.39. The van der Waals surface area contributed by atoms with Crippen molar-refractivity contribution in [2.24, 2.45) is 5.73 Å². The molecular formula is C7H12F3NO3. The van der Waals surface area contributed by atoms with Crippen molar-refractivity contribution < 1.29 is 27.8 Å². The maximum Gasteiger partial charge on any atom is 0.414 e. The Kier molecular flexibility index (Phi) is 4.86. The minimum Gasteiger partial charge on any atom is -0.480 e. The fourth-order valence-corrected chi connectivity index (χ4v) is 0.870. The molecule has 0 aromatic heterocycles. The Labute approximate surface area is 78.8 Å². The van der Waals surface area contributed by atoms with Crippen molar-refractivity contribution in [1.29, 1.82) is 0 Å². The van der Waals surface area contributed by atoms with Crippen molar-refractivity contribution in [2.75, 3.05) is 7.11 Å². The van der Waals surface area contributed by atoms with E-state index in [4.69, 9.17) is 10.8 Å². The number of alkyl halides is 3. The fraction of sp³-hybridized carbons (Fsp3) is 0.857. The van der Waals surface area contributed by atoms with Gasteiger partial charge in [-0.3, -0.25) is 4.79 Å². The topological polar surface area (TPSA) is 72.5 Å². The summed E-state index contributed by atoms with van der Waals surface area (Å²) in [5, 5.41) is 8.32. The largest absolute Gasteiger partial charge is 0.480 e. The first-order valence-electron chi connectivity index (χ1n) is 3.87. The number of hydrogen-bond donors (Lipinski definition) is 2. The molecule has 4 nitrogen and oxygen atoms in total. The molecule has 0 aromatic rings. The molecule has 0 heterocycles. The summed E-state index contributed by atoms with van der Waals surface area (Å²) in [5.41, 5.74) is 5.04. The molecule has 0 saturated heterocycles. The van der Waals surface area contributed by atoms with Crippen LogP contribution in [0.4, 0.5) is 13.2 Å². The summed E-state index contributed by atoms with van der Waals surface area (Å²) in [4.78, 5) is 10.2. The van der Waals surface area contributed by atoms with Gasteiger partial charge in [0, 0.05) is 7.11 Å². The van der Waals surface area contributed by atoms with Crippen LogP contribution in [0.3, 0.4) is 0 Å². The number of methoxy groups -OCH3 is 1. The van der Waals surface area contributed by atoms with Crippen LogP contribution in [0.1, 0.15) is 12.8 Å². The van der Waals surface area contributed by atoms with Crippen molar-refractivity contribution in [2.45, 2.75) is 31.2 Å². The first-order chi connectivity index (χ1) is 6.29. The number of aliphatic carboxylic acids is 1. The van der Waals surface area contributed by atoms with Crippen LogP contribution in [0.25, 0.3) is 0 Å². The Bertz CT molecular complexity index is 195. The van der Waals surface area contributed by atoms with Crippen LogP contribution in [0, 0.1) is 0 Å². The Morgan fingerprint density at radius 3 is 2.29 bits per heavy atom. The summed E-state index contributed by atoms with van der Waals surface area (Å²) in [5.74, 6) is -1.32. The van der Waals surface area contributed by atoms with Crippen LogP contribution in [0.5, 0.6) is 0 Å². The molecule has 84 valence electrons. The summed E-state index contributed by atoms with van der Waals surface area (Å²) in [6.07, 6.45) is -7.15. The van der Waals surface area contributed by atoms with E-state index >= 15 is 0 Å². The highest BCUT2D eigenvalue weighted by molar-refractivity contribution is 5.72. The lowest BCUT2D eigenvalue weighted by Gasteiger charge is -2.19. The van der Waals surface area contributed by atoms with Gasteiger partial charge in [0.2, 0.25) is 0 Å². The molecule has 0 bridgehead atoms. The minimum atomic E-state index is -4.48. The van der Waals surface area contributed by atoms with Gasteiger partial charge in [0.05, 0.1) is 0 Å². The van der Waals surface area contributed by atoms with Crippen LogP contribution in [-0.4, -0.2) is 36.5 Å². The normalized spacial score (nSPS) is 16.4. The first-order valence-corrected chi connectivity index (χ1v) is 3.87. The second-order valence-corrected chi connectivity index (χ2v) is 2.79.